The van der Waals surface area contributed by atoms with Gasteiger partial charge in [-0.1, -0.05) is 12.1 Å². The minimum atomic E-state index is -0.492. The first-order valence-corrected chi connectivity index (χ1v) is 6.26. The summed E-state index contributed by atoms with van der Waals surface area (Å²) in [5.41, 5.74) is 0.944. The Bertz CT molecular complexity index is 593. The second-order valence-corrected chi connectivity index (χ2v) is 4.22. The third kappa shape index (κ3) is 3.09. The molecule has 0 fully saturated rings. The molecular weight excluding hydrogens is 259 g/mol. The number of amides is 1. The average molecular weight is 274 g/mol. The van der Waals surface area contributed by atoms with Gasteiger partial charge in [-0.2, -0.15) is 0 Å². The first-order valence-electron chi connectivity index (χ1n) is 6.26. The van der Waals surface area contributed by atoms with E-state index in [0.29, 0.717) is 17.9 Å². The molecule has 0 atom stereocenters. The minimum Gasteiger partial charge on any atom is -0.369 e. The van der Waals surface area contributed by atoms with E-state index in [1.807, 2.05) is 6.92 Å². The molecule has 0 unspecified atom stereocenters. The van der Waals surface area contributed by atoms with Crippen LogP contribution in [0.25, 0.3) is 0 Å². The van der Waals surface area contributed by atoms with Crippen LogP contribution < -0.4 is 10.6 Å². The van der Waals surface area contributed by atoms with E-state index in [1.165, 1.54) is 12.1 Å². The van der Waals surface area contributed by atoms with Gasteiger partial charge in [-0.25, -0.2) is 4.39 Å². The molecule has 1 aromatic carbocycles. The van der Waals surface area contributed by atoms with Crippen molar-refractivity contribution in [2.75, 3.05) is 17.2 Å². The highest BCUT2D eigenvalue weighted by Crippen LogP contribution is 2.19. The zero-order valence-corrected chi connectivity index (χ0v) is 11.3. The van der Waals surface area contributed by atoms with Crippen molar-refractivity contribution >= 4 is 17.4 Å². The van der Waals surface area contributed by atoms with Crippen LogP contribution in [-0.2, 0) is 0 Å². The second-order valence-electron chi connectivity index (χ2n) is 4.22. The highest BCUT2D eigenvalue weighted by atomic mass is 19.1. The molecule has 0 spiro atoms. The van der Waals surface area contributed by atoms with Gasteiger partial charge in [-0.3, -0.25) is 4.79 Å². The van der Waals surface area contributed by atoms with Gasteiger partial charge in [0.15, 0.2) is 5.69 Å². The summed E-state index contributed by atoms with van der Waals surface area (Å²) >= 11 is 0. The van der Waals surface area contributed by atoms with Crippen molar-refractivity contribution in [3.63, 3.8) is 0 Å². The van der Waals surface area contributed by atoms with Gasteiger partial charge in [-0.15, -0.1) is 10.2 Å². The van der Waals surface area contributed by atoms with Crippen molar-refractivity contribution in [3.8, 4) is 0 Å². The number of hydrogen-bond acceptors (Lipinski definition) is 4. The van der Waals surface area contributed by atoms with Crippen LogP contribution in [0.5, 0.6) is 0 Å². The Kier molecular flexibility index (Phi) is 4.24. The van der Waals surface area contributed by atoms with E-state index >= 15 is 0 Å². The summed E-state index contributed by atoms with van der Waals surface area (Å²) in [5.74, 6) is -0.379. The summed E-state index contributed by atoms with van der Waals surface area (Å²) in [6, 6.07) is 7.79. The molecule has 6 heteroatoms. The molecule has 0 saturated carbocycles. The van der Waals surface area contributed by atoms with Crippen molar-refractivity contribution in [2.45, 2.75) is 13.8 Å². The first-order chi connectivity index (χ1) is 9.61. The molecule has 0 aliphatic carbocycles. The average Bonchev–Trinajstić information content (AvgIpc) is 2.44. The normalized spacial score (nSPS) is 10.2. The summed E-state index contributed by atoms with van der Waals surface area (Å²) in [6.07, 6.45) is 0. The van der Waals surface area contributed by atoms with Crippen LogP contribution >= 0.6 is 0 Å². The van der Waals surface area contributed by atoms with E-state index in [1.54, 1.807) is 25.1 Å². The van der Waals surface area contributed by atoms with Gasteiger partial charge in [0.25, 0.3) is 5.91 Å². The number of nitrogens with one attached hydrogen (secondary N) is 2. The molecule has 0 bridgehead atoms. The molecule has 1 aromatic heterocycles. The molecule has 2 N–H and O–H groups in total. The van der Waals surface area contributed by atoms with Gasteiger partial charge >= 0.3 is 0 Å². The number of aryl methyl sites for hydroxylation is 1. The van der Waals surface area contributed by atoms with Crippen LogP contribution in [0.15, 0.2) is 30.3 Å². The van der Waals surface area contributed by atoms with Crippen LogP contribution in [0.1, 0.15) is 23.0 Å². The molecule has 2 rings (SSSR count). The number of carbonyl (C=O) groups excluding carboxylic acids is 1. The molecule has 1 amide bonds. The van der Waals surface area contributed by atoms with Gasteiger partial charge in [-0.05, 0) is 37.6 Å². The van der Waals surface area contributed by atoms with E-state index in [2.05, 4.69) is 20.8 Å². The molecule has 0 aliphatic rings. The van der Waals surface area contributed by atoms with Crippen molar-refractivity contribution in [3.05, 3.63) is 47.4 Å². The van der Waals surface area contributed by atoms with Gasteiger partial charge in [0.1, 0.15) is 11.6 Å². The fraction of sp³-hybridized carbons (Fsp3) is 0.214. The summed E-state index contributed by atoms with van der Waals surface area (Å²) in [7, 11) is 0. The Hall–Kier alpha value is -2.50. The number of aromatic nitrogens is 2. The van der Waals surface area contributed by atoms with Crippen molar-refractivity contribution in [2.24, 2.45) is 0 Å². The quantitative estimate of drug-likeness (QED) is 0.899. The molecule has 0 radical (unpaired) electrons. The minimum absolute atomic E-state index is 0.134. The zero-order valence-electron chi connectivity index (χ0n) is 11.3. The number of anilines is 2. The van der Waals surface area contributed by atoms with E-state index < -0.39 is 11.7 Å². The Morgan fingerprint density at radius 2 is 2.05 bits per heavy atom. The molecule has 5 nitrogen and oxygen atoms in total. The standard InChI is InChI=1S/C14H15FN4O/c1-3-16-12-8-7-11(18-19-12)14(20)17-13-9(2)5-4-6-10(13)15/h4-8H,3H2,1-2H3,(H,16,19)(H,17,20). The number of rotatable bonds is 4. The van der Waals surface area contributed by atoms with Crippen LogP contribution in [0, 0.1) is 12.7 Å². The summed E-state index contributed by atoms with van der Waals surface area (Å²) in [4.78, 5) is 12.0. The maximum Gasteiger partial charge on any atom is 0.276 e. The number of hydrogen-bond donors (Lipinski definition) is 2. The predicted octanol–water partition coefficient (Wildman–Crippen LogP) is 2.61. The Labute approximate surface area is 116 Å². The largest absolute Gasteiger partial charge is 0.369 e. The smallest absolute Gasteiger partial charge is 0.276 e. The fourth-order valence-electron chi connectivity index (χ4n) is 1.70. The lowest BCUT2D eigenvalue weighted by Crippen LogP contribution is -2.16. The second kappa shape index (κ2) is 6.10. The zero-order chi connectivity index (χ0) is 14.5. The molecule has 0 aliphatic heterocycles. The highest BCUT2D eigenvalue weighted by molar-refractivity contribution is 6.03. The van der Waals surface area contributed by atoms with E-state index in [0.717, 1.165) is 0 Å². The van der Waals surface area contributed by atoms with Gasteiger partial charge < -0.3 is 10.6 Å². The lowest BCUT2D eigenvalue weighted by atomic mass is 10.2. The maximum absolute atomic E-state index is 13.6. The third-order valence-corrected chi connectivity index (χ3v) is 2.72. The molecule has 2 aromatic rings. The summed E-state index contributed by atoms with van der Waals surface area (Å²) in [5, 5.41) is 13.2. The van der Waals surface area contributed by atoms with Crippen LogP contribution in [-0.4, -0.2) is 22.6 Å². The predicted molar refractivity (Wildman–Crippen MR) is 75.3 cm³/mol. The third-order valence-electron chi connectivity index (χ3n) is 2.72. The van der Waals surface area contributed by atoms with E-state index in [-0.39, 0.29) is 11.4 Å². The van der Waals surface area contributed by atoms with E-state index in [4.69, 9.17) is 0 Å². The monoisotopic (exact) mass is 274 g/mol. The molecule has 0 saturated heterocycles. The molecular formula is C14H15FN4O. The van der Waals surface area contributed by atoms with Crippen molar-refractivity contribution in [1.29, 1.82) is 0 Å². The van der Waals surface area contributed by atoms with Crippen LogP contribution in [0.2, 0.25) is 0 Å². The molecule has 20 heavy (non-hydrogen) atoms. The van der Waals surface area contributed by atoms with Gasteiger partial charge in [0.2, 0.25) is 0 Å². The van der Waals surface area contributed by atoms with Crippen LogP contribution in [0.4, 0.5) is 15.9 Å². The van der Waals surface area contributed by atoms with Crippen molar-refractivity contribution < 1.29 is 9.18 Å². The summed E-state index contributed by atoms with van der Waals surface area (Å²) in [6.45, 7) is 4.37. The number of carbonyl (C=O) groups is 1. The number of para-hydroxylation sites is 1. The fourth-order valence-corrected chi connectivity index (χ4v) is 1.70. The number of nitrogens with zero attached hydrogens (tertiary/aromatic N) is 2. The summed E-state index contributed by atoms with van der Waals surface area (Å²) < 4.78 is 13.6. The Morgan fingerprint density at radius 3 is 2.65 bits per heavy atom. The molecule has 1 heterocycles. The Morgan fingerprint density at radius 1 is 1.25 bits per heavy atom. The maximum atomic E-state index is 13.6. The van der Waals surface area contributed by atoms with E-state index in [9.17, 15) is 9.18 Å². The lowest BCUT2D eigenvalue weighted by Gasteiger charge is -2.09. The SMILES string of the molecule is CCNc1ccc(C(=O)Nc2c(C)cccc2F)nn1. The Balaban J connectivity index is 2.16. The van der Waals surface area contributed by atoms with Crippen molar-refractivity contribution in [1.82, 2.24) is 10.2 Å². The van der Waals surface area contributed by atoms with Crippen LogP contribution in [0.3, 0.4) is 0 Å². The topological polar surface area (TPSA) is 66.9 Å². The number of halogens is 1. The van der Waals surface area contributed by atoms with Gasteiger partial charge in [0.05, 0.1) is 5.69 Å². The number of benzene rings is 1. The highest BCUT2D eigenvalue weighted by Gasteiger charge is 2.12. The van der Waals surface area contributed by atoms with Gasteiger partial charge in [0, 0.05) is 6.54 Å². The first kappa shape index (κ1) is 13.9. The lowest BCUT2D eigenvalue weighted by molar-refractivity contribution is 0.102. The molecule has 104 valence electrons.